The third kappa shape index (κ3) is 4.28. The van der Waals surface area contributed by atoms with E-state index in [-0.39, 0.29) is 11.8 Å². The zero-order valence-electron chi connectivity index (χ0n) is 15.2. The van der Waals surface area contributed by atoms with Crippen molar-refractivity contribution >= 4 is 5.91 Å². The van der Waals surface area contributed by atoms with Crippen LogP contribution in [0.15, 0.2) is 30.3 Å². The standard InChI is InChI=1S/C20H27N3O2/c1-13(2)8-15-4-6-16(7-5-15)20(25)23-11-17(19(24)12-23)10-18-9-14(3)21-22-18/h4-7,9,13,17,19,24H,8,10-12H2,1-3H3,(H,21,22)/t17-,19-/m1/s1. The van der Waals surface area contributed by atoms with Crippen LogP contribution in [0.5, 0.6) is 0 Å². The van der Waals surface area contributed by atoms with Gasteiger partial charge in [-0.05, 0) is 49.4 Å². The minimum Gasteiger partial charge on any atom is -0.391 e. The first-order valence-corrected chi connectivity index (χ1v) is 8.99. The van der Waals surface area contributed by atoms with Crippen LogP contribution < -0.4 is 0 Å². The summed E-state index contributed by atoms with van der Waals surface area (Å²) in [6.07, 6.45) is 1.20. The summed E-state index contributed by atoms with van der Waals surface area (Å²) in [7, 11) is 0. The molecule has 0 saturated carbocycles. The first-order valence-electron chi connectivity index (χ1n) is 8.99. The Labute approximate surface area is 149 Å². The molecule has 0 unspecified atom stereocenters. The molecule has 2 atom stereocenters. The van der Waals surface area contributed by atoms with Crippen LogP contribution >= 0.6 is 0 Å². The van der Waals surface area contributed by atoms with Gasteiger partial charge in [-0.2, -0.15) is 5.10 Å². The fourth-order valence-corrected chi connectivity index (χ4v) is 3.51. The Balaban J connectivity index is 1.63. The third-order valence-electron chi connectivity index (χ3n) is 4.77. The Kier molecular flexibility index (Phi) is 5.23. The van der Waals surface area contributed by atoms with Gasteiger partial charge in [0.05, 0.1) is 11.8 Å². The zero-order valence-corrected chi connectivity index (χ0v) is 15.2. The number of aliphatic hydroxyl groups is 1. The number of rotatable bonds is 5. The van der Waals surface area contributed by atoms with E-state index in [0.29, 0.717) is 31.0 Å². The summed E-state index contributed by atoms with van der Waals surface area (Å²) >= 11 is 0. The highest BCUT2D eigenvalue weighted by Crippen LogP contribution is 2.23. The van der Waals surface area contributed by atoms with Crippen LogP contribution in [-0.2, 0) is 12.8 Å². The number of nitrogens with one attached hydrogen (secondary N) is 1. The first kappa shape index (κ1) is 17.7. The number of amides is 1. The lowest BCUT2D eigenvalue weighted by Crippen LogP contribution is -2.29. The van der Waals surface area contributed by atoms with Gasteiger partial charge in [-0.15, -0.1) is 0 Å². The van der Waals surface area contributed by atoms with Crippen LogP contribution in [-0.4, -0.2) is 45.3 Å². The molecule has 0 radical (unpaired) electrons. The van der Waals surface area contributed by atoms with Crippen molar-refractivity contribution in [2.24, 2.45) is 11.8 Å². The average Bonchev–Trinajstić information content (AvgIpc) is 3.13. The van der Waals surface area contributed by atoms with Gasteiger partial charge in [0.1, 0.15) is 0 Å². The largest absolute Gasteiger partial charge is 0.391 e. The van der Waals surface area contributed by atoms with Crippen LogP contribution in [0.4, 0.5) is 0 Å². The predicted molar refractivity (Wildman–Crippen MR) is 97.4 cm³/mol. The number of benzene rings is 1. The molecule has 1 saturated heterocycles. The highest BCUT2D eigenvalue weighted by molar-refractivity contribution is 5.94. The topological polar surface area (TPSA) is 69.2 Å². The van der Waals surface area contributed by atoms with Crippen LogP contribution in [0.2, 0.25) is 0 Å². The zero-order chi connectivity index (χ0) is 18.0. The number of aromatic nitrogens is 2. The molecule has 2 aromatic rings. The molecule has 1 aromatic carbocycles. The van der Waals surface area contributed by atoms with Gasteiger partial charge in [0.15, 0.2) is 0 Å². The Bertz CT molecular complexity index is 721. The molecular weight excluding hydrogens is 314 g/mol. The maximum Gasteiger partial charge on any atom is 0.253 e. The van der Waals surface area contributed by atoms with Crippen LogP contribution in [0.3, 0.4) is 0 Å². The molecule has 0 bridgehead atoms. The van der Waals surface area contributed by atoms with Crippen molar-refractivity contribution in [3.63, 3.8) is 0 Å². The average molecular weight is 341 g/mol. The van der Waals surface area contributed by atoms with Crippen molar-refractivity contribution in [3.05, 3.63) is 52.8 Å². The van der Waals surface area contributed by atoms with Gasteiger partial charge in [0.25, 0.3) is 5.91 Å². The molecule has 3 rings (SSSR count). The molecule has 5 nitrogen and oxygen atoms in total. The minimum absolute atomic E-state index is 0.00384. The van der Waals surface area contributed by atoms with Crippen LogP contribution in [0.1, 0.15) is 41.2 Å². The summed E-state index contributed by atoms with van der Waals surface area (Å²) < 4.78 is 0. The minimum atomic E-state index is -0.499. The monoisotopic (exact) mass is 341 g/mol. The predicted octanol–water partition coefficient (Wildman–Crippen LogP) is 2.59. The molecular formula is C20H27N3O2. The maximum atomic E-state index is 12.7. The van der Waals surface area contributed by atoms with Crippen LogP contribution in [0, 0.1) is 18.8 Å². The van der Waals surface area contributed by atoms with Gasteiger partial charge < -0.3 is 10.0 Å². The fraction of sp³-hybridized carbons (Fsp3) is 0.500. The number of carbonyl (C=O) groups excluding carboxylic acids is 1. The molecule has 1 aliphatic rings. The molecule has 0 aliphatic carbocycles. The second kappa shape index (κ2) is 7.40. The number of likely N-dealkylation sites (tertiary alicyclic amines) is 1. The molecule has 1 fully saturated rings. The summed E-state index contributed by atoms with van der Waals surface area (Å²) in [6.45, 7) is 7.29. The number of nitrogens with zero attached hydrogens (tertiary/aromatic N) is 2. The van der Waals surface area contributed by atoms with E-state index in [1.165, 1.54) is 5.56 Å². The second-order valence-corrected chi connectivity index (χ2v) is 7.58. The number of H-pyrrole nitrogens is 1. The van der Waals surface area contributed by atoms with E-state index in [2.05, 4.69) is 24.0 Å². The van der Waals surface area contributed by atoms with E-state index in [1.54, 1.807) is 4.90 Å². The molecule has 2 N–H and O–H groups in total. The van der Waals surface area contributed by atoms with E-state index in [0.717, 1.165) is 17.8 Å². The Morgan fingerprint density at radius 1 is 1.32 bits per heavy atom. The van der Waals surface area contributed by atoms with Crippen molar-refractivity contribution in [1.82, 2.24) is 15.1 Å². The molecule has 0 spiro atoms. The van der Waals surface area contributed by atoms with Crippen molar-refractivity contribution in [2.45, 2.75) is 39.7 Å². The Morgan fingerprint density at radius 2 is 2.04 bits per heavy atom. The molecule has 134 valence electrons. The lowest BCUT2D eigenvalue weighted by molar-refractivity contribution is 0.0764. The van der Waals surface area contributed by atoms with Crippen molar-refractivity contribution < 1.29 is 9.90 Å². The van der Waals surface area contributed by atoms with E-state index in [4.69, 9.17) is 0 Å². The molecule has 25 heavy (non-hydrogen) atoms. The van der Waals surface area contributed by atoms with Gasteiger partial charge in [-0.3, -0.25) is 9.89 Å². The van der Waals surface area contributed by atoms with Gasteiger partial charge in [-0.25, -0.2) is 0 Å². The third-order valence-corrected chi connectivity index (χ3v) is 4.77. The Hall–Kier alpha value is -2.14. The molecule has 1 amide bonds. The molecule has 2 heterocycles. The van der Waals surface area contributed by atoms with Crippen LogP contribution in [0.25, 0.3) is 0 Å². The lowest BCUT2D eigenvalue weighted by Gasteiger charge is -2.16. The van der Waals surface area contributed by atoms with Gasteiger partial charge >= 0.3 is 0 Å². The maximum absolute atomic E-state index is 12.7. The number of aromatic amines is 1. The number of hydrogen-bond donors (Lipinski definition) is 2. The summed E-state index contributed by atoms with van der Waals surface area (Å²) in [5.74, 6) is 0.629. The summed E-state index contributed by atoms with van der Waals surface area (Å²) in [6, 6.07) is 9.85. The van der Waals surface area contributed by atoms with Crippen molar-refractivity contribution in [1.29, 1.82) is 0 Å². The molecule has 1 aliphatic heterocycles. The van der Waals surface area contributed by atoms with Gasteiger partial charge in [-0.1, -0.05) is 26.0 Å². The van der Waals surface area contributed by atoms with E-state index in [9.17, 15) is 9.90 Å². The van der Waals surface area contributed by atoms with Crippen molar-refractivity contribution in [3.8, 4) is 0 Å². The SMILES string of the molecule is Cc1cc(C[C@@H]2CN(C(=O)c3ccc(CC(C)C)cc3)C[C@H]2O)n[nH]1. The van der Waals surface area contributed by atoms with E-state index in [1.807, 2.05) is 37.3 Å². The normalized spacial score (nSPS) is 20.4. The number of hydrogen-bond acceptors (Lipinski definition) is 3. The quantitative estimate of drug-likeness (QED) is 0.878. The van der Waals surface area contributed by atoms with Gasteiger partial charge in [0.2, 0.25) is 0 Å². The Morgan fingerprint density at radius 3 is 2.64 bits per heavy atom. The summed E-state index contributed by atoms with van der Waals surface area (Å²) in [5.41, 5.74) is 3.89. The highest BCUT2D eigenvalue weighted by Gasteiger charge is 2.34. The number of aliphatic hydroxyl groups excluding tert-OH is 1. The fourth-order valence-electron chi connectivity index (χ4n) is 3.51. The number of β-amino-alcohol motifs (C(OH)–C–C–N with tert-alkyl or cyclic N) is 1. The van der Waals surface area contributed by atoms with Crippen molar-refractivity contribution in [2.75, 3.05) is 13.1 Å². The summed E-state index contributed by atoms with van der Waals surface area (Å²) in [5, 5.41) is 17.5. The smallest absolute Gasteiger partial charge is 0.253 e. The number of carbonyl (C=O) groups is 1. The first-order chi connectivity index (χ1) is 11.9. The molecule has 5 heteroatoms. The second-order valence-electron chi connectivity index (χ2n) is 7.58. The van der Waals surface area contributed by atoms with E-state index < -0.39 is 6.10 Å². The summed E-state index contributed by atoms with van der Waals surface area (Å²) in [4.78, 5) is 14.5. The molecule has 1 aromatic heterocycles. The highest BCUT2D eigenvalue weighted by atomic mass is 16.3. The van der Waals surface area contributed by atoms with Gasteiger partial charge in [0, 0.05) is 30.3 Å². The van der Waals surface area contributed by atoms with E-state index >= 15 is 0 Å². The number of aryl methyl sites for hydroxylation is 1. The lowest BCUT2D eigenvalue weighted by atomic mass is 10.00.